The van der Waals surface area contributed by atoms with Crippen LogP contribution in [0.3, 0.4) is 0 Å². The molecule has 0 aromatic heterocycles. The van der Waals surface area contributed by atoms with Crippen molar-refractivity contribution >= 4 is 39.8 Å². The summed E-state index contributed by atoms with van der Waals surface area (Å²) in [5.41, 5.74) is 2.97. The van der Waals surface area contributed by atoms with Gasteiger partial charge in [0.15, 0.2) is 34.7 Å². The van der Waals surface area contributed by atoms with E-state index in [1.807, 2.05) is 0 Å². The smallest absolute Gasteiger partial charge is 0.235 e. The van der Waals surface area contributed by atoms with Crippen molar-refractivity contribution in [2.24, 2.45) is 29.4 Å². The van der Waals surface area contributed by atoms with Crippen molar-refractivity contribution < 1.29 is 38.9 Å². The maximum atomic E-state index is 13.9. The van der Waals surface area contributed by atoms with Crippen molar-refractivity contribution in [3.8, 4) is 11.5 Å². The van der Waals surface area contributed by atoms with Gasteiger partial charge in [0.1, 0.15) is 11.5 Å². The zero-order chi connectivity index (χ0) is 27.0. The Morgan fingerprint density at radius 2 is 1.78 bits per heavy atom. The van der Waals surface area contributed by atoms with Crippen molar-refractivity contribution in [1.29, 1.82) is 0 Å². The number of hydrogen-bond acceptors (Lipinski definition) is 9. The van der Waals surface area contributed by atoms with Gasteiger partial charge in [-0.15, -0.1) is 0 Å². The van der Waals surface area contributed by atoms with Gasteiger partial charge in [-0.05, 0) is 39.8 Å². The molecule has 0 aliphatic heterocycles. The second-order valence-corrected chi connectivity index (χ2v) is 10.3. The molecule has 0 bridgehead atoms. The fraction of sp³-hybridized carbons (Fsp3) is 0.444. The molecule has 5 rings (SSSR count). The number of phenols is 1. The Morgan fingerprint density at radius 1 is 1.14 bits per heavy atom. The Hall–Kier alpha value is -3.63. The molecule has 0 heterocycles. The Labute approximate surface area is 212 Å². The molecule has 194 valence electrons. The first kappa shape index (κ1) is 25.0. The number of Topliss-reactive ketones (excluding diaryl/α,β-unsaturated/α-hetero) is 4. The van der Waals surface area contributed by atoms with E-state index in [1.54, 1.807) is 45.3 Å². The summed E-state index contributed by atoms with van der Waals surface area (Å²) in [5, 5.41) is 23.7. The van der Waals surface area contributed by atoms with Crippen molar-refractivity contribution in [3.05, 3.63) is 35.4 Å². The minimum atomic E-state index is -2.74. The predicted molar refractivity (Wildman–Crippen MR) is 130 cm³/mol. The van der Waals surface area contributed by atoms with E-state index in [-0.39, 0.29) is 24.2 Å². The van der Waals surface area contributed by atoms with Gasteiger partial charge in [0.25, 0.3) is 0 Å². The molecule has 6 atom stereocenters. The van der Waals surface area contributed by atoms with E-state index in [9.17, 15) is 34.2 Å². The zero-order valence-electron chi connectivity index (χ0n) is 20.7. The Morgan fingerprint density at radius 3 is 2.38 bits per heavy atom. The molecule has 2 saturated carbocycles. The number of likely N-dealkylation sites (N-methyl/N-ethyl adjacent to an activating group) is 1. The number of hydrogen-bond donors (Lipinski definition) is 3. The molecule has 3 aliphatic carbocycles. The second kappa shape index (κ2) is 8.46. The summed E-state index contributed by atoms with van der Waals surface area (Å²) in [4.78, 5) is 67.8. The number of rotatable bonds is 4. The minimum Gasteiger partial charge on any atom is -0.507 e. The van der Waals surface area contributed by atoms with Crippen molar-refractivity contribution in [3.63, 3.8) is 0 Å². The van der Waals surface area contributed by atoms with Crippen molar-refractivity contribution in [2.75, 3.05) is 20.7 Å². The maximum Gasteiger partial charge on any atom is 0.235 e. The van der Waals surface area contributed by atoms with Crippen LogP contribution in [-0.4, -0.2) is 76.5 Å². The van der Waals surface area contributed by atoms with Gasteiger partial charge in [0.2, 0.25) is 5.91 Å². The highest BCUT2D eigenvalue weighted by Gasteiger charge is 2.69. The van der Waals surface area contributed by atoms with E-state index in [0.717, 1.165) is 0 Å². The van der Waals surface area contributed by atoms with Crippen LogP contribution in [0.5, 0.6) is 11.5 Å². The number of benzene rings is 2. The Kier molecular flexibility index (Phi) is 5.72. The average Bonchev–Trinajstić information content (AvgIpc) is 2.83. The molecule has 0 saturated heterocycles. The fourth-order valence-electron chi connectivity index (χ4n) is 6.69. The number of nitrogens with two attached hydrogens (primary N) is 1. The molecular weight excluding hydrogens is 480 g/mol. The van der Waals surface area contributed by atoms with Gasteiger partial charge in [0, 0.05) is 22.3 Å². The van der Waals surface area contributed by atoms with Crippen LogP contribution in [-0.2, 0) is 25.6 Å². The number of phenolic OH excluding ortho intramolecular Hbond substituents is 1. The number of ketones is 4. The molecule has 2 fully saturated rings. The molecule has 2 aromatic carbocycles. The molecule has 0 spiro atoms. The SMILES string of the molecule is CCOc1c2c(c(O)c3ccccc13)C(=O)C1C(=O)[C@]3(O)C(=O)C(C(N)=O)C(=O)[C@@H](N(C)C)[C@@H]3C[C@@H]1C2. The summed E-state index contributed by atoms with van der Waals surface area (Å²) in [6.07, 6.45) is 0.141. The number of fused-ring (bicyclic) bond motifs is 4. The molecule has 4 N–H and O–H groups in total. The standard InChI is InChI=1S/C27H28N2O8/c1-4-37-23-13-8-6-5-7-12(13)20(30)17-14(23)9-11-10-15-19(29(2)3)22(32)18(26(28)35)25(34)27(15,36)24(33)16(11)21(17)31/h5-8,11,15-16,18-19,30,36H,4,9-10H2,1-3H3,(H2,28,35)/t11-,15-,16?,18?,19-,27-/m0/s1. The number of aromatic hydroxyl groups is 1. The number of amides is 1. The lowest BCUT2D eigenvalue weighted by Crippen LogP contribution is -2.74. The molecule has 2 unspecified atom stereocenters. The summed E-state index contributed by atoms with van der Waals surface area (Å²) in [6, 6.07) is 5.74. The van der Waals surface area contributed by atoms with Gasteiger partial charge in [-0.2, -0.15) is 0 Å². The molecule has 37 heavy (non-hydrogen) atoms. The normalized spacial score (nSPS) is 31.2. The highest BCUT2D eigenvalue weighted by molar-refractivity contribution is 6.32. The molecule has 10 nitrogen and oxygen atoms in total. The van der Waals surface area contributed by atoms with Gasteiger partial charge >= 0.3 is 0 Å². The second-order valence-electron chi connectivity index (χ2n) is 10.3. The quantitative estimate of drug-likeness (QED) is 0.496. The lowest BCUT2D eigenvalue weighted by atomic mass is 9.52. The van der Waals surface area contributed by atoms with Crippen molar-refractivity contribution in [2.45, 2.75) is 31.4 Å². The van der Waals surface area contributed by atoms with Crippen LogP contribution in [0.25, 0.3) is 10.8 Å². The summed E-state index contributed by atoms with van der Waals surface area (Å²) in [5.74, 6) is -10.3. The van der Waals surface area contributed by atoms with Gasteiger partial charge in [-0.3, -0.25) is 28.9 Å². The van der Waals surface area contributed by atoms with Crippen LogP contribution in [0, 0.1) is 23.7 Å². The van der Waals surface area contributed by atoms with Crippen LogP contribution < -0.4 is 10.5 Å². The third kappa shape index (κ3) is 3.21. The van der Waals surface area contributed by atoms with Crippen molar-refractivity contribution in [1.82, 2.24) is 4.90 Å². The summed E-state index contributed by atoms with van der Waals surface area (Å²) in [6.45, 7) is 2.09. The number of carbonyl (C=O) groups is 5. The summed E-state index contributed by atoms with van der Waals surface area (Å²) >= 11 is 0. The average molecular weight is 509 g/mol. The molecule has 10 heteroatoms. The number of aliphatic hydroxyl groups is 1. The van der Waals surface area contributed by atoms with Gasteiger partial charge in [0.05, 0.1) is 24.1 Å². The topological polar surface area (TPSA) is 164 Å². The molecular formula is C27H28N2O8. The van der Waals surface area contributed by atoms with Crippen LogP contribution in [0.4, 0.5) is 0 Å². The van der Waals surface area contributed by atoms with Crippen LogP contribution in [0.1, 0.15) is 29.3 Å². The van der Waals surface area contributed by atoms with Gasteiger partial charge in [-0.1, -0.05) is 24.3 Å². The zero-order valence-corrected chi connectivity index (χ0v) is 20.7. The maximum absolute atomic E-state index is 13.9. The van der Waals surface area contributed by atoms with E-state index in [4.69, 9.17) is 10.5 Å². The molecule has 3 aliphatic rings. The lowest BCUT2D eigenvalue weighted by Gasteiger charge is -2.52. The first-order valence-electron chi connectivity index (χ1n) is 12.2. The first-order valence-corrected chi connectivity index (χ1v) is 12.2. The van der Waals surface area contributed by atoms with Crippen LogP contribution in [0.15, 0.2) is 24.3 Å². The van der Waals surface area contributed by atoms with E-state index in [2.05, 4.69) is 0 Å². The number of ether oxygens (including phenoxy) is 1. The monoisotopic (exact) mass is 508 g/mol. The third-order valence-electron chi connectivity index (χ3n) is 8.18. The molecule has 0 radical (unpaired) electrons. The van der Waals surface area contributed by atoms with Crippen LogP contribution >= 0.6 is 0 Å². The van der Waals surface area contributed by atoms with E-state index in [0.29, 0.717) is 28.7 Å². The first-order chi connectivity index (χ1) is 17.5. The van der Waals surface area contributed by atoms with Gasteiger partial charge in [-0.25, -0.2) is 0 Å². The summed E-state index contributed by atoms with van der Waals surface area (Å²) in [7, 11) is 3.10. The summed E-state index contributed by atoms with van der Waals surface area (Å²) < 4.78 is 5.92. The van der Waals surface area contributed by atoms with Gasteiger partial charge < -0.3 is 20.7 Å². The largest absolute Gasteiger partial charge is 0.507 e. The minimum absolute atomic E-state index is 0.0109. The fourth-order valence-corrected chi connectivity index (χ4v) is 6.69. The predicted octanol–water partition coefficient (Wildman–Crippen LogP) is 0.419. The Balaban J connectivity index is 1.71. The number of primary amides is 1. The molecule has 2 aromatic rings. The third-order valence-corrected chi connectivity index (χ3v) is 8.18. The highest BCUT2D eigenvalue weighted by Crippen LogP contribution is 2.53. The highest BCUT2D eigenvalue weighted by atomic mass is 16.5. The van der Waals surface area contributed by atoms with E-state index >= 15 is 0 Å². The van der Waals surface area contributed by atoms with E-state index in [1.165, 1.54) is 4.90 Å². The lowest BCUT2D eigenvalue weighted by molar-refractivity contribution is -0.181. The Bertz CT molecular complexity index is 1400. The number of carbonyl (C=O) groups excluding carboxylic acids is 5. The molecule has 1 amide bonds. The number of nitrogens with zero attached hydrogens (tertiary/aromatic N) is 1. The van der Waals surface area contributed by atoms with Crippen LogP contribution in [0.2, 0.25) is 0 Å². The van der Waals surface area contributed by atoms with E-state index < -0.39 is 64.4 Å².